The molecular weight excluding hydrogens is 228 g/mol. The molecule has 0 unspecified atom stereocenters. The molecule has 0 saturated carbocycles. The van der Waals surface area contributed by atoms with Gasteiger partial charge in [-0.3, -0.25) is 0 Å². The van der Waals surface area contributed by atoms with Crippen molar-refractivity contribution in [1.82, 2.24) is 0 Å². The number of rotatable bonds is 3. The third kappa shape index (κ3) is 2.54. The zero-order valence-corrected chi connectivity index (χ0v) is 8.79. The quantitative estimate of drug-likeness (QED) is 0.803. The molecule has 0 aliphatic rings. The van der Waals surface area contributed by atoms with E-state index >= 15 is 0 Å². The first-order valence-corrected chi connectivity index (χ1v) is 4.69. The van der Waals surface area contributed by atoms with Gasteiger partial charge in [-0.2, -0.15) is 0 Å². The summed E-state index contributed by atoms with van der Waals surface area (Å²) in [6.45, 7) is 7.25. The largest absolute Gasteiger partial charge is 0.384 e. The van der Waals surface area contributed by atoms with Crippen LogP contribution in [0.5, 0.6) is 0 Å². The summed E-state index contributed by atoms with van der Waals surface area (Å²) < 4.78 is 0.993. The summed E-state index contributed by atoms with van der Waals surface area (Å²) in [5, 5.41) is 9.69. The Labute approximate surface area is 86.5 Å². The molecule has 0 aliphatic heterocycles. The van der Waals surface area contributed by atoms with E-state index in [-0.39, 0.29) is 0 Å². The van der Waals surface area contributed by atoms with Crippen molar-refractivity contribution in [3.05, 3.63) is 59.1 Å². The van der Waals surface area contributed by atoms with Crippen LogP contribution in [0.3, 0.4) is 0 Å². The van der Waals surface area contributed by atoms with Crippen molar-refractivity contribution >= 4 is 15.9 Å². The molecule has 1 rings (SSSR count). The smallest absolute Gasteiger partial charge is 0.103 e. The Kier molecular flexibility index (Phi) is 3.46. The molecule has 0 aromatic heterocycles. The summed E-state index contributed by atoms with van der Waals surface area (Å²) in [5.41, 5.74) is 1.44. The van der Waals surface area contributed by atoms with Crippen molar-refractivity contribution < 1.29 is 5.11 Å². The maximum absolute atomic E-state index is 9.69. The molecule has 1 aromatic rings. The molecule has 1 nitrogen and oxygen atoms in total. The zero-order valence-electron chi connectivity index (χ0n) is 7.20. The summed E-state index contributed by atoms with van der Waals surface area (Å²) >= 11 is 3.32. The minimum atomic E-state index is -0.648. The highest BCUT2D eigenvalue weighted by Crippen LogP contribution is 2.22. The monoisotopic (exact) mass is 238 g/mol. The van der Waals surface area contributed by atoms with Crippen molar-refractivity contribution in [1.29, 1.82) is 0 Å². The molecule has 0 fully saturated rings. The van der Waals surface area contributed by atoms with Crippen LogP contribution in [0.2, 0.25) is 0 Å². The standard InChI is InChI=1S/C11H11BrO/c1-3-8(2)11(13)9-4-6-10(12)7-5-9/h3-7,11,13H,1-2H2/t11-/m1/s1. The van der Waals surface area contributed by atoms with Gasteiger partial charge in [0, 0.05) is 4.47 Å². The highest BCUT2D eigenvalue weighted by Gasteiger charge is 2.07. The van der Waals surface area contributed by atoms with E-state index in [4.69, 9.17) is 0 Å². The van der Waals surface area contributed by atoms with Gasteiger partial charge in [-0.15, -0.1) is 0 Å². The third-order valence-electron chi connectivity index (χ3n) is 1.80. The average molecular weight is 239 g/mol. The van der Waals surface area contributed by atoms with E-state index in [1.165, 1.54) is 0 Å². The second-order valence-electron chi connectivity index (χ2n) is 2.73. The van der Waals surface area contributed by atoms with Crippen LogP contribution in [-0.4, -0.2) is 5.11 Å². The minimum absolute atomic E-state index is 0.613. The molecule has 13 heavy (non-hydrogen) atoms. The Balaban J connectivity index is 2.89. The van der Waals surface area contributed by atoms with E-state index in [9.17, 15) is 5.11 Å². The van der Waals surface area contributed by atoms with Gasteiger partial charge >= 0.3 is 0 Å². The minimum Gasteiger partial charge on any atom is -0.384 e. The van der Waals surface area contributed by atoms with E-state index in [1.807, 2.05) is 24.3 Å². The van der Waals surface area contributed by atoms with Crippen LogP contribution >= 0.6 is 15.9 Å². The normalized spacial score (nSPS) is 12.2. The van der Waals surface area contributed by atoms with E-state index in [2.05, 4.69) is 29.1 Å². The van der Waals surface area contributed by atoms with Gasteiger partial charge in [0.2, 0.25) is 0 Å². The van der Waals surface area contributed by atoms with Gasteiger partial charge in [0.05, 0.1) is 0 Å². The number of hydrogen-bond acceptors (Lipinski definition) is 1. The number of halogens is 1. The Morgan fingerprint density at radius 3 is 2.38 bits per heavy atom. The summed E-state index contributed by atoms with van der Waals surface area (Å²) in [5.74, 6) is 0. The molecule has 0 radical (unpaired) electrons. The van der Waals surface area contributed by atoms with E-state index in [0.29, 0.717) is 5.57 Å². The fourth-order valence-electron chi connectivity index (χ4n) is 0.971. The van der Waals surface area contributed by atoms with Crippen LogP contribution in [0, 0.1) is 0 Å². The molecule has 2 heteroatoms. The van der Waals surface area contributed by atoms with Crippen molar-refractivity contribution in [2.75, 3.05) is 0 Å². The highest BCUT2D eigenvalue weighted by atomic mass is 79.9. The Hall–Kier alpha value is -0.860. The van der Waals surface area contributed by atoms with Gasteiger partial charge in [-0.1, -0.05) is 47.3 Å². The maximum atomic E-state index is 9.69. The lowest BCUT2D eigenvalue weighted by atomic mass is 10.0. The van der Waals surface area contributed by atoms with E-state index < -0.39 is 6.10 Å². The molecule has 0 bridgehead atoms. The molecule has 0 aliphatic carbocycles. The molecule has 1 atom stereocenters. The van der Waals surface area contributed by atoms with Crippen LogP contribution in [0.25, 0.3) is 0 Å². The number of benzene rings is 1. The first kappa shape index (κ1) is 10.2. The Morgan fingerprint density at radius 1 is 1.38 bits per heavy atom. The average Bonchev–Trinajstić information content (AvgIpc) is 2.17. The third-order valence-corrected chi connectivity index (χ3v) is 2.33. The van der Waals surface area contributed by atoms with Gasteiger partial charge in [-0.05, 0) is 23.3 Å². The van der Waals surface area contributed by atoms with Gasteiger partial charge in [0.15, 0.2) is 0 Å². The number of hydrogen-bond donors (Lipinski definition) is 1. The van der Waals surface area contributed by atoms with Crippen LogP contribution in [0.4, 0.5) is 0 Å². The molecular formula is C11H11BrO. The van der Waals surface area contributed by atoms with Crippen molar-refractivity contribution in [2.24, 2.45) is 0 Å². The fraction of sp³-hybridized carbons (Fsp3) is 0.0909. The first-order valence-electron chi connectivity index (χ1n) is 3.90. The molecule has 0 amide bonds. The van der Waals surface area contributed by atoms with Crippen LogP contribution in [-0.2, 0) is 0 Å². The molecule has 0 heterocycles. The molecule has 1 aromatic carbocycles. The lowest BCUT2D eigenvalue weighted by Gasteiger charge is -2.10. The van der Waals surface area contributed by atoms with Crippen LogP contribution < -0.4 is 0 Å². The number of aliphatic hydroxyl groups is 1. The molecule has 68 valence electrons. The highest BCUT2D eigenvalue weighted by molar-refractivity contribution is 9.10. The van der Waals surface area contributed by atoms with E-state index in [1.54, 1.807) is 6.08 Å². The predicted molar refractivity (Wildman–Crippen MR) is 58.4 cm³/mol. The maximum Gasteiger partial charge on any atom is 0.103 e. The van der Waals surface area contributed by atoms with Crippen molar-refractivity contribution in [3.63, 3.8) is 0 Å². The molecule has 1 N–H and O–H groups in total. The number of aliphatic hydroxyl groups excluding tert-OH is 1. The first-order chi connectivity index (χ1) is 6.15. The Morgan fingerprint density at radius 2 is 1.92 bits per heavy atom. The topological polar surface area (TPSA) is 20.2 Å². The van der Waals surface area contributed by atoms with E-state index in [0.717, 1.165) is 10.0 Å². The van der Waals surface area contributed by atoms with Gasteiger partial charge in [-0.25, -0.2) is 0 Å². The summed E-state index contributed by atoms with van der Waals surface area (Å²) in [7, 11) is 0. The Bertz CT molecular complexity index is 313. The molecule has 0 saturated heterocycles. The van der Waals surface area contributed by atoms with Crippen LogP contribution in [0.15, 0.2) is 53.5 Å². The summed E-state index contributed by atoms with van der Waals surface area (Å²) in [6.07, 6.45) is 0.915. The lowest BCUT2D eigenvalue weighted by molar-refractivity contribution is 0.220. The second kappa shape index (κ2) is 4.40. The zero-order chi connectivity index (χ0) is 9.84. The van der Waals surface area contributed by atoms with Crippen LogP contribution in [0.1, 0.15) is 11.7 Å². The summed E-state index contributed by atoms with van der Waals surface area (Å²) in [4.78, 5) is 0. The predicted octanol–water partition coefficient (Wildman–Crippen LogP) is 3.22. The second-order valence-corrected chi connectivity index (χ2v) is 3.65. The van der Waals surface area contributed by atoms with Crippen molar-refractivity contribution in [2.45, 2.75) is 6.10 Å². The van der Waals surface area contributed by atoms with Gasteiger partial charge in [0.25, 0.3) is 0 Å². The van der Waals surface area contributed by atoms with Crippen molar-refractivity contribution in [3.8, 4) is 0 Å². The van der Waals surface area contributed by atoms with Gasteiger partial charge < -0.3 is 5.11 Å². The SMILES string of the molecule is C=CC(=C)[C@@H](O)c1ccc(Br)cc1. The summed E-state index contributed by atoms with van der Waals surface area (Å²) in [6, 6.07) is 7.47. The van der Waals surface area contributed by atoms with Gasteiger partial charge in [0.1, 0.15) is 6.10 Å². The fourth-order valence-corrected chi connectivity index (χ4v) is 1.24. The molecule has 0 spiro atoms. The lowest BCUT2D eigenvalue weighted by Crippen LogP contribution is -1.97.